The molecule has 6 aromatic rings. The normalized spacial score (nSPS) is 10.8. The third-order valence-corrected chi connectivity index (χ3v) is 11.4. The average Bonchev–Trinajstić information content (AvgIpc) is 3.28. The third-order valence-electron chi connectivity index (χ3n) is 8.62. The Balaban J connectivity index is 0.000000234. The van der Waals surface area contributed by atoms with Gasteiger partial charge in [-0.15, -0.1) is 0 Å². The molecule has 0 aliphatic heterocycles. The van der Waals surface area contributed by atoms with Crippen molar-refractivity contribution in [2.45, 2.75) is 23.1 Å². The summed E-state index contributed by atoms with van der Waals surface area (Å²) in [5.74, 6) is -0.359. The molecule has 0 saturated heterocycles. The minimum Gasteiger partial charge on any atom is -0.490 e. The average molecular weight is 880 g/mol. The van der Waals surface area contributed by atoms with Gasteiger partial charge < -0.3 is 29.2 Å². The number of nitrogens with one attached hydrogen (secondary N) is 2. The lowest BCUT2D eigenvalue weighted by Gasteiger charge is -2.14. The highest BCUT2D eigenvalue weighted by molar-refractivity contribution is 7.93. The number of rotatable bonds is 19. The van der Waals surface area contributed by atoms with Gasteiger partial charge in [0, 0.05) is 0 Å². The molecule has 0 radical (unpaired) electrons. The molecule has 6 rings (SSSR count). The molecule has 15 nitrogen and oxygen atoms in total. The summed E-state index contributed by atoms with van der Waals surface area (Å²) in [5.41, 5.74) is 1.97. The molecule has 62 heavy (non-hydrogen) atoms. The Morgan fingerprint density at radius 1 is 0.548 bits per heavy atom. The number of anilines is 2. The number of nitrogens with zero attached hydrogens (tertiary/aromatic N) is 1. The Morgan fingerprint density at radius 3 is 1.42 bits per heavy atom. The van der Waals surface area contributed by atoms with E-state index in [1.165, 1.54) is 54.6 Å². The number of hydrogen-bond acceptors (Lipinski definition) is 11. The van der Waals surface area contributed by atoms with Crippen LogP contribution in [-0.4, -0.2) is 65.4 Å². The SMILES string of the molecule is CCc1ccc(S(=O)(=O)Nc2ccccc2OCCOc2ccc(C(=O)O)cc2)cc1.N#Cc1ccccc1S(=O)(=O)Nc1ccccc1OCCOc1ccc(C(=O)O)cc1. The van der Waals surface area contributed by atoms with E-state index in [9.17, 15) is 31.7 Å². The van der Waals surface area contributed by atoms with E-state index in [0.29, 0.717) is 28.7 Å². The highest BCUT2D eigenvalue weighted by Gasteiger charge is 2.20. The lowest BCUT2D eigenvalue weighted by molar-refractivity contribution is 0.0686. The molecule has 0 aromatic heterocycles. The van der Waals surface area contributed by atoms with Crippen LogP contribution in [0.25, 0.3) is 0 Å². The van der Waals surface area contributed by atoms with E-state index in [2.05, 4.69) is 9.44 Å². The van der Waals surface area contributed by atoms with Crippen molar-refractivity contribution in [1.29, 1.82) is 5.26 Å². The second-order valence-corrected chi connectivity index (χ2v) is 16.2. The number of carbonyl (C=O) groups is 2. The molecule has 0 fully saturated rings. The van der Waals surface area contributed by atoms with Gasteiger partial charge in [0.15, 0.2) is 0 Å². The van der Waals surface area contributed by atoms with Crippen LogP contribution >= 0.6 is 0 Å². The van der Waals surface area contributed by atoms with Gasteiger partial charge in [-0.2, -0.15) is 5.26 Å². The van der Waals surface area contributed by atoms with Gasteiger partial charge in [0.2, 0.25) is 0 Å². The number of aromatic carboxylic acids is 2. The van der Waals surface area contributed by atoms with Crippen LogP contribution in [0.5, 0.6) is 23.0 Å². The molecule has 0 saturated carbocycles. The molecule has 4 N–H and O–H groups in total. The number of para-hydroxylation sites is 4. The van der Waals surface area contributed by atoms with Crippen molar-refractivity contribution in [3.63, 3.8) is 0 Å². The van der Waals surface area contributed by atoms with Crippen LogP contribution in [0.4, 0.5) is 11.4 Å². The number of sulfonamides is 2. The summed E-state index contributed by atoms with van der Waals surface area (Å²) >= 11 is 0. The molecule has 0 atom stereocenters. The quantitative estimate of drug-likeness (QED) is 0.0572. The van der Waals surface area contributed by atoms with Crippen LogP contribution in [0.3, 0.4) is 0 Å². The Morgan fingerprint density at radius 2 is 0.968 bits per heavy atom. The second kappa shape index (κ2) is 21.6. The van der Waals surface area contributed by atoms with E-state index in [4.69, 9.17) is 29.2 Å². The van der Waals surface area contributed by atoms with E-state index in [1.54, 1.807) is 91.0 Å². The molecule has 0 aliphatic carbocycles. The maximum absolute atomic E-state index is 12.7. The second-order valence-electron chi connectivity index (χ2n) is 12.9. The van der Waals surface area contributed by atoms with Crippen LogP contribution in [0.1, 0.15) is 38.8 Å². The predicted octanol–water partition coefficient (Wildman–Crippen LogP) is 7.72. The lowest BCUT2D eigenvalue weighted by atomic mass is 10.2. The first kappa shape index (κ1) is 45.5. The van der Waals surface area contributed by atoms with Crippen molar-refractivity contribution in [3.05, 3.63) is 168 Å². The highest BCUT2D eigenvalue weighted by atomic mass is 32.2. The monoisotopic (exact) mass is 879 g/mol. The molecule has 0 aliphatic rings. The number of benzene rings is 6. The number of carboxylic acids is 2. The van der Waals surface area contributed by atoms with Gasteiger partial charge in [0.05, 0.1) is 33.0 Å². The zero-order chi connectivity index (χ0) is 44.5. The molecule has 320 valence electrons. The number of nitriles is 1. The smallest absolute Gasteiger partial charge is 0.335 e. The van der Waals surface area contributed by atoms with Gasteiger partial charge in [0.1, 0.15) is 60.4 Å². The first-order chi connectivity index (χ1) is 29.8. The number of carboxylic acid groups (broad SMARTS) is 2. The van der Waals surface area contributed by atoms with Crippen LogP contribution < -0.4 is 28.4 Å². The standard InChI is InChI=1S/C23H23NO6S.C22H18N2O6S/c1-2-17-7-13-20(14-8-17)31(27,28)24-21-5-3-4-6-22(21)30-16-15-29-19-11-9-18(10-12-19)23(25)26;23-15-17-5-1-4-8-21(17)31(27,28)24-19-6-2-3-7-20(19)30-14-13-29-18-11-9-16(10-12-18)22(25)26/h3-14,24H,2,15-16H2,1H3,(H,25,26);1-12,24H,13-14H2,(H,25,26). The van der Waals surface area contributed by atoms with E-state index >= 15 is 0 Å². The van der Waals surface area contributed by atoms with Gasteiger partial charge >= 0.3 is 11.9 Å². The van der Waals surface area contributed by atoms with E-state index < -0.39 is 32.0 Å². The Hall–Kier alpha value is -7.55. The fourth-order valence-electron chi connectivity index (χ4n) is 5.46. The summed E-state index contributed by atoms with van der Waals surface area (Å²) in [5, 5.41) is 27.0. The minimum absolute atomic E-state index is 0.0377. The maximum Gasteiger partial charge on any atom is 0.335 e. The van der Waals surface area contributed by atoms with Crippen molar-refractivity contribution < 1.29 is 55.6 Å². The summed E-state index contributed by atoms with van der Waals surface area (Å²) < 4.78 is 78.3. The highest BCUT2D eigenvalue weighted by Crippen LogP contribution is 2.29. The summed E-state index contributed by atoms with van der Waals surface area (Å²) in [6.07, 6.45) is 0.830. The van der Waals surface area contributed by atoms with Crippen LogP contribution in [0, 0.1) is 11.3 Å². The van der Waals surface area contributed by atoms with Gasteiger partial charge in [-0.25, -0.2) is 26.4 Å². The summed E-state index contributed by atoms with van der Waals surface area (Å²) in [6.45, 7) is 2.65. The van der Waals surface area contributed by atoms with Crippen LogP contribution in [0.2, 0.25) is 0 Å². The van der Waals surface area contributed by atoms with Crippen molar-refractivity contribution >= 4 is 43.4 Å². The largest absolute Gasteiger partial charge is 0.490 e. The van der Waals surface area contributed by atoms with Crippen molar-refractivity contribution in [2.24, 2.45) is 0 Å². The minimum atomic E-state index is -4.00. The zero-order valence-corrected chi connectivity index (χ0v) is 34.8. The summed E-state index contributed by atoms with van der Waals surface area (Å²) in [6, 6.07) is 39.7. The van der Waals surface area contributed by atoms with Gasteiger partial charge in [-0.05, 0) is 109 Å². The van der Waals surface area contributed by atoms with Crippen LogP contribution in [0.15, 0.2) is 155 Å². The number of hydrogen-bond donors (Lipinski definition) is 4. The van der Waals surface area contributed by atoms with Crippen molar-refractivity contribution in [2.75, 3.05) is 35.9 Å². The topological polar surface area (TPSA) is 228 Å². The van der Waals surface area contributed by atoms with Crippen molar-refractivity contribution in [3.8, 4) is 29.1 Å². The van der Waals surface area contributed by atoms with E-state index in [-0.39, 0.29) is 58.6 Å². The fourth-order valence-corrected chi connectivity index (χ4v) is 7.76. The molecule has 0 bridgehead atoms. The Labute approximate surface area is 358 Å². The Bertz CT molecular complexity index is 2720. The van der Waals surface area contributed by atoms with E-state index in [0.717, 1.165) is 12.0 Å². The first-order valence-electron chi connectivity index (χ1n) is 18.8. The lowest BCUT2D eigenvalue weighted by Crippen LogP contribution is -2.16. The van der Waals surface area contributed by atoms with Crippen molar-refractivity contribution in [1.82, 2.24) is 0 Å². The summed E-state index contributed by atoms with van der Waals surface area (Å²) in [7, 11) is -7.75. The molecular weight excluding hydrogens is 839 g/mol. The Kier molecular flexibility index (Phi) is 15.9. The molecule has 0 amide bonds. The fraction of sp³-hybridized carbons (Fsp3) is 0.133. The summed E-state index contributed by atoms with van der Waals surface area (Å²) in [4.78, 5) is 21.8. The molecule has 6 aromatic carbocycles. The number of aryl methyl sites for hydroxylation is 1. The van der Waals surface area contributed by atoms with Gasteiger partial charge in [-0.3, -0.25) is 9.44 Å². The third kappa shape index (κ3) is 13.0. The first-order valence-corrected chi connectivity index (χ1v) is 21.8. The molecule has 0 spiro atoms. The van der Waals surface area contributed by atoms with E-state index in [1.807, 2.05) is 13.0 Å². The number of ether oxygens (including phenoxy) is 4. The van der Waals surface area contributed by atoms with Crippen LogP contribution in [-0.2, 0) is 26.5 Å². The molecule has 0 unspecified atom stereocenters. The predicted molar refractivity (Wildman–Crippen MR) is 230 cm³/mol. The van der Waals surface area contributed by atoms with Gasteiger partial charge in [-0.1, -0.05) is 55.5 Å². The molecule has 0 heterocycles. The maximum atomic E-state index is 12.7. The van der Waals surface area contributed by atoms with Gasteiger partial charge in [0.25, 0.3) is 20.0 Å². The zero-order valence-electron chi connectivity index (χ0n) is 33.1. The molecule has 17 heteroatoms. The molecular formula is C45H41N3O12S2.